The molecule has 1 aromatic rings. The summed E-state index contributed by atoms with van der Waals surface area (Å²) in [5, 5.41) is 3.69. The van der Waals surface area contributed by atoms with E-state index >= 15 is 0 Å². The van der Waals surface area contributed by atoms with Gasteiger partial charge in [-0.25, -0.2) is 0 Å². The minimum atomic E-state index is -0.296. The normalized spacial score (nSPS) is 24.0. The summed E-state index contributed by atoms with van der Waals surface area (Å²) in [6.07, 6.45) is 2.38. The van der Waals surface area contributed by atoms with Gasteiger partial charge in [0.1, 0.15) is 0 Å². The molecule has 0 radical (unpaired) electrons. The van der Waals surface area contributed by atoms with Gasteiger partial charge in [-0.3, -0.25) is 4.90 Å². The highest BCUT2D eigenvalue weighted by atomic mass is 16.7. The molecule has 4 nitrogen and oxygen atoms in total. The van der Waals surface area contributed by atoms with Gasteiger partial charge in [0, 0.05) is 30.4 Å². The van der Waals surface area contributed by atoms with E-state index in [0.717, 1.165) is 18.6 Å². The molecule has 1 aromatic carbocycles. The molecule has 0 unspecified atom stereocenters. The zero-order chi connectivity index (χ0) is 19.2. The van der Waals surface area contributed by atoms with Crippen LogP contribution in [-0.2, 0) is 9.31 Å². The van der Waals surface area contributed by atoms with Crippen molar-refractivity contribution in [1.82, 2.24) is 4.90 Å². The van der Waals surface area contributed by atoms with E-state index in [0.29, 0.717) is 6.04 Å². The van der Waals surface area contributed by atoms with E-state index in [1.165, 1.54) is 18.5 Å². The Morgan fingerprint density at radius 1 is 0.962 bits per heavy atom. The van der Waals surface area contributed by atoms with Crippen molar-refractivity contribution in [3.8, 4) is 0 Å². The van der Waals surface area contributed by atoms with E-state index in [1.54, 1.807) is 0 Å². The van der Waals surface area contributed by atoms with E-state index in [2.05, 4.69) is 82.9 Å². The van der Waals surface area contributed by atoms with Crippen LogP contribution >= 0.6 is 0 Å². The number of likely N-dealkylation sites (tertiary alicyclic amines) is 1. The van der Waals surface area contributed by atoms with Gasteiger partial charge in [-0.1, -0.05) is 12.1 Å². The third kappa shape index (κ3) is 4.10. The summed E-state index contributed by atoms with van der Waals surface area (Å²) in [5.41, 5.74) is 1.94. The van der Waals surface area contributed by atoms with Crippen LogP contribution in [0.1, 0.15) is 61.3 Å². The molecule has 2 heterocycles. The number of piperidine rings is 1. The fourth-order valence-corrected chi connectivity index (χ4v) is 3.65. The Hall–Kier alpha value is -1.04. The van der Waals surface area contributed by atoms with Crippen LogP contribution in [0.3, 0.4) is 0 Å². The van der Waals surface area contributed by atoms with Crippen molar-refractivity contribution in [2.24, 2.45) is 0 Å². The second-order valence-corrected chi connectivity index (χ2v) is 9.79. The van der Waals surface area contributed by atoms with Crippen molar-refractivity contribution in [2.45, 2.75) is 84.1 Å². The Morgan fingerprint density at radius 2 is 1.46 bits per heavy atom. The number of anilines is 1. The third-order valence-corrected chi connectivity index (χ3v) is 6.25. The SMILES string of the molecule is CC(C)(C)N1CCC(Nc2ccc(B3OC(C)(C)C(C)(C)O3)cc2)CC1. The summed E-state index contributed by atoms with van der Waals surface area (Å²) in [7, 11) is -0.288. The molecule has 144 valence electrons. The van der Waals surface area contributed by atoms with Crippen LogP contribution in [0.5, 0.6) is 0 Å². The predicted molar refractivity (Wildman–Crippen MR) is 110 cm³/mol. The summed E-state index contributed by atoms with van der Waals surface area (Å²) in [6, 6.07) is 9.09. The van der Waals surface area contributed by atoms with Crippen LogP contribution in [0.2, 0.25) is 0 Å². The molecule has 0 aromatic heterocycles. The van der Waals surface area contributed by atoms with Gasteiger partial charge in [0.2, 0.25) is 0 Å². The molecular weight excluding hydrogens is 323 g/mol. The molecule has 2 aliphatic rings. The molecule has 3 rings (SSSR count). The largest absolute Gasteiger partial charge is 0.494 e. The maximum atomic E-state index is 6.14. The average Bonchev–Trinajstić information content (AvgIpc) is 2.76. The molecule has 2 aliphatic heterocycles. The Morgan fingerprint density at radius 3 is 1.92 bits per heavy atom. The van der Waals surface area contributed by atoms with E-state index in [4.69, 9.17) is 9.31 Å². The maximum absolute atomic E-state index is 6.14. The fraction of sp³-hybridized carbons (Fsp3) is 0.714. The van der Waals surface area contributed by atoms with Crippen molar-refractivity contribution in [3.05, 3.63) is 24.3 Å². The lowest BCUT2D eigenvalue weighted by molar-refractivity contribution is 0.00578. The minimum absolute atomic E-state index is 0.273. The molecule has 0 aliphatic carbocycles. The molecule has 0 spiro atoms. The van der Waals surface area contributed by atoms with E-state index in [9.17, 15) is 0 Å². The highest BCUT2D eigenvalue weighted by Gasteiger charge is 2.51. The van der Waals surface area contributed by atoms with Crippen LogP contribution in [0.25, 0.3) is 0 Å². The van der Waals surface area contributed by atoms with Crippen molar-refractivity contribution >= 4 is 18.3 Å². The standard InChI is InChI=1S/C21H35BN2O2/c1-19(2,3)24-14-12-18(13-15-24)23-17-10-8-16(9-11-17)22-25-20(4,5)21(6,7)26-22/h8-11,18,23H,12-15H2,1-7H3. The van der Waals surface area contributed by atoms with Gasteiger partial charge in [-0.2, -0.15) is 0 Å². The summed E-state index contributed by atoms with van der Waals surface area (Å²) in [6.45, 7) is 17.6. The zero-order valence-electron chi connectivity index (χ0n) is 17.6. The first-order valence-electron chi connectivity index (χ1n) is 9.95. The van der Waals surface area contributed by atoms with E-state index < -0.39 is 0 Å². The number of nitrogens with zero attached hydrogens (tertiary/aromatic N) is 1. The first-order chi connectivity index (χ1) is 12.0. The van der Waals surface area contributed by atoms with Crippen LogP contribution in [0.4, 0.5) is 5.69 Å². The molecule has 1 N–H and O–H groups in total. The Kier molecular flexibility index (Phi) is 5.19. The van der Waals surface area contributed by atoms with Crippen LogP contribution in [0, 0.1) is 0 Å². The first-order valence-corrected chi connectivity index (χ1v) is 9.95. The monoisotopic (exact) mass is 358 g/mol. The molecule has 2 saturated heterocycles. The van der Waals surface area contributed by atoms with Crippen molar-refractivity contribution in [3.63, 3.8) is 0 Å². The summed E-state index contributed by atoms with van der Waals surface area (Å²) in [4.78, 5) is 2.58. The maximum Gasteiger partial charge on any atom is 0.494 e. The highest BCUT2D eigenvalue weighted by Crippen LogP contribution is 2.36. The van der Waals surface area contributed by atoms with Gasteiger partial charge in [0.15, 0.2) is 0 Å². The molecule has 2 fully saturated rings. The van der Waals surface area contributed by atoms with Gasteiger partial charge in [-0.05, 0) is 78.9 Å². The van der Waals surface area contributed by atoms with Gasteiger partial charge in [0.05, 0.1) is 11.2 Å². The molecule has 0 saturated carbocycles. The lowest BCUT2D eigenvalue weighted by Crippen LogP contribution is -2.48. The van der Waals surface area contributed by atoms with E-state index in [-0.39, 0.29) is 23.9 Å². The van der Waals surface area contributed by atoms with Gasteiger partial charge >= 0.3 is 7.12 Å². The lowest BCUT2D eigenvalue weighted by atomic mass is 9.79. The first kappa shape index (κ1) is 19.7. The Bertz CT molecular complexity index is 598. The van der Waals surface area contributed by atoms with E-state index in [1.807, 2.05) is 0 Å². The minimum Gasteiger partial charge on any atom is -0.399 e. The number of rotatable bonds is 3. The van der Waals surface area contributed by atoms with Crippen molar-refractivity contribution in [1.29, 1.82) is 0 Å². The topological polar surface area (TPSA) is 33.7 Å². The second kappa shape index (κ2) is 6.85. The van der Waals surface area contributed by atoms with Crippen molar-refractivity contribution in [2.75, 3.05) is 18.4 Å². The highest BCUT2D eigenvalue weighted by molar-refractivity contribution is 6.62. The summed E-state index contributed by atoms with van der Waals surface area (Å²) < 4.78 is 12.3. The number of hydrogen-bond donors (Lipinski definition) is 1. The quantitative estimate of drug-likeness (QED) is 0.837. The fourth-order valence-electron chi connectivity index (χ4n) is 3.65. The van der Waals surface area contributed by atoms with Crippen LogP contribution < -0.4 is 10.8 Å². The van der Waals surface area contributed by atoms with Crippen molar-refractivity contribution < 1.29 is 9.31 Å². The zero-order valence-corrected chi connectivity index (χ0v) is 17.6. The van der Waals surface area contributed by atoms with Gasteiger partial charge in [-0.15, -0.1) is 0 Å². The number of benzene rings is 1. The smallest absolute Gasteiger partial charge is 0.399 e. The molecule has 0 bridgehead atoms. The van der Waals surface area contributed by atoms with Crippen LogP contribution in [-0.4, -0.2) is 47.9 Å². The van der Waals surface area contributed by atoms with Gasteiger partial charge in [0.25, 0.3) is 0 Å². The van der Waals surface area contributed by atoms with Gasteiger partial charge < -0.3 is 14.6 Å². The predicted octanol–water partition coefficient (Wildman–Crippen LogP) is 3.66. The number of nitrogens with one attached hydrogen (secondary N) is 1. The molecule has 5 heteroatoms. The molecular formula is C21H35BN2O2. The summed E-state index contributed by atoms with van der Waals surface area (Å²) in [5.74, 6) is 0. The third-order valence-electron chi connectivity index (χ3n) is 6.25. The number of hydrogen-bond acceptors (Lipinski definition) is 4. The van der Waals surface area contributed by atoms with Crippen LogP contribution in [0.15, 0.2) is 24.3 Å². The molecule has 26 heavy (non-hydrogen) atoms. The molecule has 0 atom stereocenters. The Balaban J connectivity index is 1.56. The summed E-state index contributed by atoms with van der Waals surface area (Å²) >= 11 is 0. The second-order valence-electron chi connectivity index (χ2n) is 9.79. The molecule has 0 amide bonds. The average molecular weight is 358 g/mol. The lowest BCUT2D eigenvalue weighted by Gasteiger charge is -2.41. The Labute approximate surface area is 159 Å².